The van der Waals surface area contributed by atoms with Gasteiger partial charge in [0.15, 0.2) is 5.82 Å². The molecule has 0 bridgehead atoms. The number of urea groups is 1. The van der Waals surface area contributed by atoms with Crippen LogP contribution in [-0.2, 0) is 19.5 Å². The van der Waals surface area contributed by atoms with Gasteiger partial charge in [0.1, 0.15) is 11.5 Å². The highest BCUT2D eigenvalue weighted by atomic mass is 19.1. The molecule has 3 amide bonds. The van der Waals surface area contributed by atoms with Crippen molar-refractivity contribution < 1.29 is 23.5 Å². The molecule has 0 radical (unpaired) electrons. The Bertz CT molecular complexity index is 1160. The smallest absolute Gasteiger partial charge is 0.322 e. The van der Waals surface area contributed by atoms with Gasteiger partial charge in [0.25, 0.3) is 11.6 Å². The molecule has 0 saturated heterocycles. The van der Waals surface area contributed by atoms with Crippen molar-refractivity contribution in [1.82, 2.24) is 19.6 Å². The molecule has 11 heteroatoms. The molecule has 0 fully saturated rings. The maximum Gasteiger partial charge on any atom is 0.322 e. The zero-order chi connectivity index (χ0) is 23.9. The maximum absolute atomic E-state index is 14.4. The van der Waals surface area contributed by atoms with Crippen molar-refractivity contribution in [2.45, 2.75) is 39.0 Å². The summed E-state index contributed by atoms with van der Waals surface area (Å²) in [6.45, 7) is 9.97. The van der Waals surface area contributed by atoms with Crippen molar-refractivity contribution >= 4 is 23.3 Å². The zero-order valence-corrected chi connectivity index (χ0v) is 18.3. The second-order valence-electron chi connectivity index (χ2n) is 8.35. The first-order valence-corrected chi connectivity index (χ1v) is 10.7. The van der Waals surface area contributed by atoms with Crippen LogP contribution in [0.1, 0.15) is 35.1 Å². The highest BCUT2D eigenvalue weighted by Crippen LogP contribution is 2.30. The molecule has 2 aliphatic rings. The van der Waals surface area contributed by atoms with Gasteiger partial charge in [-0.25, -0.2) is 18.4 Å². The first-order chi connectivity index (χ1) is 15.7. The fourth-order valence-corrected chi connectivity index (χ4v) is 4.38. The van der Waals surface area contributed by atoms with E-state index in [1.54, 1.807) is 16.6 Å². The van der Waals surface area contributed by atoms with Crippen molar-refractivity contribution in [3.63, 3.8) is 0 Å². The van der Waals surface area contributed by atoms with Crippen molar-refractivity contribution in [2.24, 2.45) is 5.92 Å². The van der Waals surface area contributed by atoms with Crippen molar-refractivity contribution in [3.05, 3.63) is 52.1 Å². The molecule has 3 heterocycles. The molecule has 2 aliphatic heterocycles. The first-order valence-electron chi connectivity index (χ1n) is 10.7. The molecule has 0 unspecified atom stereocenters. The molecule has 1 aromatic carbocycles. The Morgan fingerprint density at radius 1 is 1.39 bits per heavy atom. The van der Waals surface area contributed by atoms with E-state index in [1.165, 1.54) is 4.90 Å². The summed E-state index contributed by atoms with van der Waals surface area (Å²) in [4.78, 5) is 31.7. The van der Waals surface area contributed by atoms with Crippen molar-refractivity contribution in [3.8, 4) is 0 Å². The number of aliphatic hydroxyl groups excluding tert-OH is 1. The van der Waals surface area contributed by atoms with Gasteiger partial charge in [0.2, 0.25) is 0 Å². The summed E-state index contributed by atoms with van der Waals surface area (Å²) in [5, 5.41) is 17.3. The average molecular weight is 458 g/mol. The number of aliphatic hydroxyl groups is 1. The van der Waals surface area contributed by atoms with Crippen LogP contribution >= 0.6 is 0 Å². The number of carbonyl (C=O) groups excluding carboxylic acids is 2. The number of aromatic nitrogens is 2. The number of amides is 3. The number of rotatable bonds is 3. The molecule has 174 valence electrons. The lowest BCUT2D eigenvalue weighted by atomic mass is 10.0. The third-order valence-corrected chi connectivity index (χ3v) is 6.24. The highest BCUT2D eigenvalue weighted by Gasteiger charge is 2.36. The van der Waals surface area contributed by atoms with Crippen molar-refractivity contribution in [2.75, 3.05) is 25.5 Å². The van der Waals surface area contributed by atoms with Gasteiger partial charge in [0, 0.05) is 44.6 Å². The van der Waals surface area contributed by atoms with Gasteiger partial charge in [-0.05, 0) is 18.6 Å². The third kappa shape index (κ3) is 4.02. The minimum absolute atomic E-state index is 0.0928. The lowest BCUT2D eigenvalue weighted by Crippen LogP contribution is -2.40. The van der Waals surface area contributed by atoms with E-state index in [0.29, 0.717) is 49.4 Å². The fourth-order valence-electron chi connectivity index (χ4n) is 4.38. The van der Waals surface area contributed by atoms with Crippen LogP contribution in [0.25, 0.3) is 4.85 Å². The second kappa shape index (κ2) is 8.78. The number of nitrogens with zero attached hydrogens (tertiary/aromatic N) is 5. The van der Waals surface area contributed by atoms with Crippen LogP contribution in [0, 0.1) is 24.1 Å². The average Bonchev–Trinajstić information content (AvgIpc) is 3.10. The molecule has 33 heavy (non-hydrogen) atoms. The van der Waals surface area contributed by atoms with E-state index >= 15 is 0 Å². The van der Waals surface area contributed by atoms with Crippen LogP contribution in [0.2, 0.25) is 0 Å². The standard InChI is InChI=1S/C22H24F2N6O3/c1-4-17(31)12-9-28(3)21(32)20-13-11-29(8-7-15(13)27-30(20)10-12)22(33)26-16-6-5-14(23)19(25-2)18(16)24/h5-6,12,17,31H,4,7-11H2,1,3H3,(H,26,33)/t12-,17+/m0/s1. The Kier molecular flexibility index (Phi) is 6.03. The summed E-state index contributed by atoms with van der Waals surface area (Å²) < 4.78 is 29.6. The Labute approximate surface area is 189 Å². The van der Waals surface area contributed by atoms with Crippen LogP contribution in [-0.4, -0.2) is 62.9 Å². The number of halogens is 2. The van der Waals surface area contributed by atoms with Crippen LogP contribution in [0.5, 0.6) is 0 Å². The molecule has 0 aliphatic carbocycles. The summed E-state index contributed by atoms with van der Waals surface area (Å²) in [7, 11) is 1.67. The van der Waals surface area contributed by atoms with Crippen LogP contribution < -0.4 is 5.32 Å². The van der Waals surface area contributed by atoms with Crippen LogP contribution in [0.3, 0.4) is 0 Å². The SMILES string of the molecule is [C-]#[N+]c1c(F)ccc(NC(=O)N2CCc3nn4c(c3C2)C(=O)N(C)C[C@H]([C@H](O)CC)C4)c1F. The summed E-state index contributed by atoms with van der Waals surface area (Å²) in [6.07, 6.45) is 0.396. The lowest BCUT2D eigenvalue weighted by Gasteiger charge is -2.28. The van der Waals surface area contributed by atoms with Gasteiger partial charge >= 0.3 is 6.03 Å². The molecule has 2 aromatic rings. The van der Waals surface area contributed by atoms with Gasteiger partial charge in [-0.3, -0.25) is 9.48 Å². The predicted octanol–water partition coefficient (Wildman–Crippen LogP) is 2.77. The minimum Gasteiger partial charge on any atom is -0.393 e. The third-order valence-electron chi connectivity index (χ3n) is 6.24. The summed E-state index contributed by atoms with van der Waals surface area (Å²) in [5.41, 5.74) is 0.651. The van der Waals surface area contributed by atoms with Gasteiger partial charge in [-0.2, -0.15) is 5.10 Å². The van der Waals surface area contributed by atoms with Gasteiger partial charge in [-0.1, -0.05) is 6.92 Å². The Balaban J connectivity index is 1.59. The number of benzene rings is 1. The number of carbonyl (C=O) groups is 2. The summed E-state index contributed by atoms with van der Waals surface area (Å²) >= 11 is 0. The molecule has 2 atom stereocenters. The molecule has 0 saturated carbocycles. The van der Waals surface area contributed by atoms with Crippen LogP contribution in [0.4, 0.5) is 25.0 Å². The van der Waals surface area contributed by atoms with E-state index in [2.05, 4.69) is 15.3 Å². The predicted molar refractivity (Wildman–Crippen MR) is 115 cm³/mol. The number of hydrogen-bond acceptors (Lipinski definition) is 4. The normalized spacial score (nSPS) is 18.8. The Morgan fingerprint density at radius 3 is 2.85 bits per heavy atom. The van der Waals surface area contributed by atoms with E-state index in [4.69, 9.17) is 6.57 Å². The first kappa shape index (κ1) is 22.7. The molecular weight excluding hydrogens is 434 g/mol. The molecule has 0 spiro atoms. The molecule has 9 nitrogen and oxygen atoms in total. The zero-order valence-electron chi connectivity index (χ0n) is 18.3. The van der Waals surface area contributed by atoms with Crippen molar-refractivity contribution in [1.29, 1.82) is 0 Å². The molecule has 4 rings (SSSR count). The van der Waals surface area contributed by atoms with Gasteiger partial charge < -0.3 is 20.2 Å². The monoisotopic (exact) mass is 458 g/mol. The maximum atomic E-state index is 14.4. The lowest BCUT2D eigenvalue weighted by molar-refractivity contribution is 0.0626. The summed E-state index contributed by atoms with van der Waals surface area (Å²) in [5.74, 6) is -2.53. The van der Waals surface area contributed by atoms with E-state index in [0.717, 1.165) is 12.1 Å². The fraction of sp³-hybridized carbons (Fsp3) is 0.455. The minimum atomic E-state index is -1.13. The Hall–Kier alpha value is -3.52. The van der Waals surface area contributed by atoms with E-state index in [-0.39, 0.29) is 24.1 Å². The van der Waals surface area contributed by atoms with E-state index < -0.39 is 29.5 Å². The van der Waals surface area contributed by atoms with Crippen LogP contribution in [0.15, 0.2) is 12.1 Å². The number of hydrogen-bond donors (Lipinski definition) is 2. The quantitative estimate of drug-likeness (QED) is 0.692. The topological polar surface area (TPSA) is 95.1 Å². The van der Waals surface area contributed by atoms with Gasteiger partial charge in [-0.15, -0.1) is 0 Å². The van der Waals surface area contributed by atoms with E-state index in [9.17, 15) is 23.5 Å². The second-order valence-corrected chi connectivity index (χ2v) is 8.35. The molecule has 2 N–H and O–H groups in total. The number of fused-ring (bicyclic) bond motifs is 3. The highest BCUT2D eigenvalue weighted by molar-refractivity contribution is 5.95. The number of nitrogens with one attached hydrogen (secondary N) is 1. The van der Waals surface area contributed by atoms with E-state index in [1.807, 2.05) is 6.92 Å². The number of anilines is 1. The largest absolute Gasteiger partial charge is 0.393 e. The Morgan fingerprint density at radius 2 is 2.15 bits per heavy atom. The molecule has 1 aromatic heterocycles. The summed E-state index contributed by atoms with van der Waals surface area (Å²) in [6, 6.07) is 1.36. The molecular formula is C22H24F2N6O3. The van der Waals surface area contributed by atoms with Gasteiger partial charge in [0.05, 0.1) is 30.6 Å².